The van der Waals surface area contributed by atoms with E-state index in [0.717, 1.165) is 30.7 Å². The Morgan fingerprint density at radius 3 is 2.53 bits per heavy atom. The molecule has 0 bridgehead atoms. The molecule has 0 radical (unpaired) electrons. The van der Waals surface area contributed by atoms with Gasteiger partial charge < -0.3 is 15.8 Å². The summed E-state index contributed by atoms with van der Waals surface area (Å²) < 4.78 is 5.04. The maximum Gasteiger partial charge on any atom is 0.224 e. The molecule has 1 rings (SSSR count). The number of rotatable bonds is 7. The van der Waals surface area contributed by atoms with Crippen molar-refractivity contribution in [3.8, 4) is 5.75 Å². The summed E-state index contributed by atoms with van der Waals surface area (Å²) in [5, 5.41) is 2.84. The number of nitrogens with two attached hydrogens (primary N) is 1. The summed E-state index contributed by atoms with van der Waals surface area (Å²) in [4.78, 5) is 11.6. The van der Waals surface area contributed by atoms with Crippen molar-refractivity contribution in [2.75, 3.05) is 19.0 Å². The van der Waals surface area contributed by atoms with E-state index in [1.807, 2.05) is 24.3 Å². The molecule has 1 aromatic rings. The third-order valence-electron chi connectivity index (χ3n) is 2.48. The summed E-state index contributed by atoms with van der Waals surface area (Å²) in [5.41, 5.74) is 6.18. The molecule has 1 aromatic carbocycles. The molecule has 0 fully saturated rings. The van der Waals surface area contributed by atoms with Gasteiger partial charge in [-0.2, -0.15) is 0 Å². The number of carbonyl (C=O) groups is 1. The quantitative estimate of drug-likeness (QED) is 0.713. The van der Waals surface area contributed by atoms with Crippen LogP contribution in [-0.2, 0) is 4.79 Å². The molecule has 0 atom stereocenters. The van der Waals surface area contributed by atoms with E-state index in [2.05, 4.69) is 5.32 Å². The van der Waals surface area contributed by atoms with Crippen LogP contribution >= 0.6 is 0 Å². The van der Waals surface area contributed by atoms with Crippen LogP contribution in [0.25, 0.3) is 0 Å². The van der Waals surface area contributed by atoms with Crippen LogP contribution in [0.3, 0.4) is 0 Å². The van der Waals surface area contributed by atoms with Gasteiger partial charge in [0.25, 0.3) is 0 Å². The highest BCUT2D eigenvalue weighted by Gasteiger charge is 2.02. The van der Waals surface area contributed by atoms with E-state index in [1.165, 1.54) is 0 Å². The first-order chi connectivity index (χ1) is 8.26. The fourth-order valence-electron chi connectivity index (χ4n) is 1.50. The van der Waals surface area contributed by atoms with E-state index in [1.54, 1.807) is 7.11 Å². The van der Waals surface area contributed by atoms with Crippen LogP contribution in [0.4, 0.5) is 5.69 Å². The lowest BCUT2D eigenvalue weighted by atomic mass is 10.2. The normalized spacial score (nSPS) is 10.0. The third kappa shape index (κ3) is 5.36. The lowest BCUT2D eigenvalue weighted by Gasteiger charge is -2.06. The Hall–Kier alpha value is -1.55. The molecule has 94 valence electrons. The number of hydrogen-bond donors (Lipinski definition) is 2. The van der Waals surface area contributed by atoms with E-state index < -0.39 is 0 Å². The van der Waals surface area contributed by atoms with Gasteiger partial charge in [-0.1, -0.05) is 6.42 Å². The highest BCUT2D eigenvalue weighted by Crippen LogP contribution is 2.15. The summed E-state index contributed by atoms with van der Waals surface area (Å²) in [7, 11) is 1.62. The smallest absolute Gasteiger partial charge is 0.224 e. The zero-order chi connectivity index (χ0) is 12.5. The number of hydrogen-bond acceptors (Lipinski definition) is 3. The SMILES string of the molecule is COc1ccc(NC(=O)CCCCCN)cc1. The second-order valence-corrected chi connectivity index (χ2v) is 3.88. The van der Waals surface area contributed by atoms with Crippen LogP contribution in [-0.4, -0.2) is 19.6 Å². The molecule has 0 saturated carbocycles. The molecule has 1 amide bonds. The number of methoxy groups -OCH3 is 1. The maximum atomic E-state index is 11.6. The van der Waals surface area contributed by atoms with Gasteiger partial charge in [0.2, 0.25) is 5.91 Å². The van der Waals surface area contributed by atoms with Crippen molar-refractivity contribution in [1.82, 2.24) is 0 Å². The van der Waals surface area contributed by atoms with Gasteiger partial charge >= 0.3 is 0 Å². The molecule has 0 aliphatic heterocycles. The first kappa shape index (κ1) is 13.5. The molecule has 3 N–H and O–H groups in total. The van der Waals surface area contributed by atoms with E-state index >= 15 is 0 Å². The summed E-state index contributed by atoms with van der Waals surface area (Å²) in [6.45, 7) is 0.695. The Kier molecular flexibility index (Phi) is 6.10. The standard InChI is InChI=1S/C13H20N2O2/c1-17-12-8-6-11(7-9-12)15-13(16)5-3-2-4-10-14/h6-9H,2-5,10,14H2,1H3,(H,15,16). The van der Waals surface area contributed by atoms with Gasteiger partial charge in [0.1, 0.15) is 5.75 Å². The minimum atomic E-state index is 0.0483. The van der Waals surface area contributed by atoms with Crippen LogP contribution in [0.15, 0.2) is 24.3 Å². The minimum Gasteiger partial charge on any atom is -0.497 e. The Bertz CT molecular complexity index is 336. The van der Waals surface area contributed by atoms with E-state index in [0.29, 0.717) is 13.0 Å². The maximum absolute atomic E-state index is 11.6. The summed E-state index contributed by atoms with van der Waals surface area (Å²) in [5.74, 6) is 0.832. The van der Waals surface area contributed by atoms with Crippen LogP contribution < -0.4 is 15.8 Å². The molecular weight excluding hydrogens is 216 g/mol. The van der Waals surface area contributed by atoms with E-state index in [4.69, 9.17) is 10.5 Å². The predicted molar refractivity (Wildman–Crippen MR) is 69.1 cm³/mol. The first-order valence-corrected chi connectivity index (χ1v) is 5.90. The Labute approximate surface area is 102 Å². The highest BCUT2D eigenvalue weighted by atomic mass is 16.5. The molecule has 17 heavy (non-hydrogen) atoms. The molecule has 0 unspecified atom stereocenters. The number of carbonyl (C=O) groups excluding carboxylic acids is 1. The minimum absolute atomic E-state index is 0.0483. The summed E-state index contributed by atoms with van der Waals surface area (Å²) in [6.07, 6.45) is 3.42. The second-order valence-electron chi connectivity index (χ2n) is 3.88. The van der Waals surface area contributed by atoms with Gasteiger partial charge in [0, 0.05) is 12.1 Å². The van der Waals surface area contributed by atoms with Crippen molar-refractivity contribution >= 4 is 11.6 Å². The largest absolute Gasteiger partial charge is 0.497 e. The lowest BCUT2D eigenvalue weighted by Crippen LogP contribution is -2.11. The van der Waals surface area contributed by atoms with Gasteiger partial charge in [0.05, 0.1) is 7.11 Å². The third-order valence-corrected chi connectivity index (χ3v) is 2.48. The Morgan fingerprint density at radius 1 is 1.24 bits per heavy atom. The number of amides is 1. The van der Waals surface area contributed by atoms with Gasteiger partial charge in [0.15, 0.2) is 0 Å². The monoisotopic (exact) mass is 236 g/mol. The molecule has 0 spiro atoms. The summed E-state index contributed by atoms with van der Waals surface area (Å²) >= 11 is 0. The van der Waals surface area contributed by atoms with Crippen molar-refractivity contribution in [1.29, 1.82) is 0 Å². The second kappa shape index (κ2) is 7.68. The van der Waals surface area contributed by atoms with Crippen LogP contribution in [0.2, 0.25) is 0 Å². The average Bonchev–Trinajstić information content (AvgIpc) is 2.36. The van der Waals surface area contributed by atoms with Crippen molar-refractivity contribution in [2.45, 2.75) is 25.7 Å². The lowest BCUT2D eigenvalue weighted by molar-refractivity contribution is -0.116. The molecule has 0 aliphatic rings. The number of ether oxygens (including phenoxy) is 1. The number of unbranched alkanes of at least 4 members (excludes halogenated alkanes) is 2. The van der Waals surface area contributed by atoms with E-state index in [9.17, 15) is 4.79 Å². The Morgan fingerprint density at radius 2 is 1.94 bits per heavy atom. The molecule has 0 heterocycles. The molecular formula is C13H20N2O2. The average molecular weight is 236 g/mol. The first-order valence-electron chi connectivity index (χ1n) is 5.90. The van der Waals surface area contributed by atoms with Gasteiger partial charge in [-0.15, -0.1) is 0 Å². The molecule has 4 heteroatoms. The predicted octanol–water partition coefficient (Wildman–Crippen LogP) is 2.15. The van der Waals surface area contributed by atoms with Crippen molar-refractivity contribution in [2.24, 2.45) is 5.73 Å². The van der Waals surface area contributed by atoms with Crippen LogP contribution in [0.1, 0.15) is 25.7 Å². The fourth-order valence-corrected chi connectivity index (χ4v) is 1.50. The number of benzene rings is 1. The molecule has 0 aromatic heterocycles. The topological polar surface area (TPSA) is 64.3 Å². The molecule has 4 nitrogen and oxygen atoms in total. The zero-order valence-corrected chi connectivity index (χ0v) is 10.2. The molecule has 0 saturated heterocycles. The van der Waals surface area contributed by atoms with Crippen molar-refractivity contribution < 1.29 is 9.53 Å². The molecule has 0 aliphatic carbocycles. The van der Waals surface area contributed by atoms with Gasteiger partial charge in [-0.05, 0) is 43.7 Å². The van der Waals surface area contributed by atoms with Crippen molar-refractivity contribution in [3.05, 3.63) is 24.3 Å². The van der Waals surface area contributed by atoms with E-state index in [-0.39, 0.29) is 5.91 Å². The van der Waals surface area contributed by atoms with Crippen LogP contribution in [0, 0.1) is 0 Å². The number of anilines is 1. The summed E-state index contributed by atoms with van der Waals surface area (Å²) in [6, 6.07) is 7.31. The zero-order valence-electron chi connectivity index (χ0n) is 10.2. The van der Waals surface area contributed by atoms with Gasteiger partial charge in [-0.25, -0.2) is 0 Å². The fraction of sp³-hybridized carbons (Fsp3) is 0.462. The van der Waals surface area contributed by atoms with Crippen LogP contribution in [0.5, 0.6) is 5.75 Å². The highest BCUT2D eigenvalue weighted by molar-refractivity contribution is 5.90. The van der Waals surface area contributed by atoms with Crippen molar-refractivity contribution in [3.63, 3.8) is 0 Å². The van der Waals surface area contributed by atoms with Gasteiger partial charge in [-0.3, -0.25) is 4.79 Å². The Balaban J connectivity index is 2.29. The number of nitrogens with one attached hydrogen (secondary N) is 1.